The van der Waals surface area contributed by atoms with E-state index < -0.39 is 0 Å². The molecule has 3 heteroatoms. The normalized spacial score (nSPS) is 27.6. The van der Waals surface area contributed by atoms with E-state index in [-0.39, 0.29) is 11.4 Å². The van der Waals surface area contributed by atoms with Crippen molar-refractivity contribution in [1.82, 2.24) is 4.90 Å². The summed E-state index contributed by atoms with van der Waals surface area (Å²) in [6, 6.07) is 6.81. The molecule has 0 heterocycles. The molecule has 20 heavy (non-hydrogen) atoms. The first-order valence-corrected chi connectivity index (χ1v) is 7.71. The molecule has 112 valence electrons. The third-order valence-corrected chi connectivity index (χ3v) is 4.96. The van der Waals surface area contributed by atoms with Gasteiger partial charge in [0.15, 0.2) is 0 Å². The predicted octanol–water partition coefficient (Wildman–Crippen LogP) is 3.56. The summed E-state index contributed by atoms with van der Waals surface area (Å²) in [6.07, 6.45) is 6.16. The van der Waals surface area contributed by atoms with Crippen LogP contribution in [0.15, 0.2) is 24.3 Å². The second-order valence-corrected chi connectivity index (χ2v) is 6.45. The molecule has 2 unspecified atom stereocenters. The van der Waals surface area contributed by atoms with Crippen LogP contribution in [0, 0.1) is 11.7 Å². The summed E-state index contributed by atoms with van der Waals surface area (Å²) in [5, 5.41) is 0. The molecule has 0 bridgehead atoms. The molecule has 2 N–H and O–H groups in total. The van der Waals surface area contributed by atoms with Gasteiger partial charge in [0.1, 0.15) is 5.82 Å². The van der Waals surface area contributed by atoms with E-state index in [4.69, 9.17) is 5.73 Å². The molecular weight excluding hydrogens is 251 g/mol. The first-order valence-electron chi connectivity index (χ1n) is 7.71. The minimum atomic E-state index is -0.173. The van der Waals surface area contributed by atoms with Crippen LogP contribution in [-0.2, 0) is 6.54 Å². The standard InChI is InChI=1S/C17H27FN2/c1-14-4-3-10-17(13-19,11-9-14)20(2)12-15-5-7-16(18)8-6-15/h5-8,14H,3-4,9-13,19H2,1-2H3. The van der Waals surface area contributed by atoms with Crippen molar-refractivity contribution in [2.75, 3.05) is 13.6 Å². The zero-order valence-electron chi connectivity index (χ0n) is 12.7. The Balaban J connectivity index is 2.07. The predicted molar refractivity (Wildman–Crippen MR) is 81.9 cm³/mol. The summed E-state index contributed by atoms with van der Waals surface area (Å²) in [6.45, 7) is 3.88. The second-order valence-electron chi connectivity index (χ2n) is 6.45. The van der Waals surface area contributed by atoms with Crippen LogP contribution in [0.3, 0.4) is 0 Å². The van der Waals surface area contributed by atoms with E-state index in [2.05, 4.69) is 18.9 Å². The zero-order chi connectivity index (χ0) is 14.6. The van der Waals surface area contributed by atoms with E-state index in [1.54, 1.807) is 0 Å². The second kappa shape index (κ2) is 6.68. The molecule has 0 spiro atoms. The number of hydrogen-bond acceptors (Lipinski definition) is 2. The van der Waals surface area contributed by atoms with Crippen molar-refractivity contribution in [3.63, 3.8) is 0 Å². The lowest BCUT2D eigenvalue weighted by Gasteiger charge is -2.41. The summed E-state index contributed by atoms with van der Waals surface area (Å²) in [5.74, 6) is 0.635. The van der Waals surface area contributed by atoms with Crippen molar-refractivity contribution in [1.29, 1.82) is 0 Å². The molecule has 0 aliphatic heterocycles. The van der Waals surface area contributed by atoms with Crippen LogP contribution in [0.4, 0.5) is 4.39 Å². The van der Waals surface area contributed by atoms with E-state index in [9.17, 15) is 4.39 Å². The van der Waals surface area contributed by atoms with Crippen LogP contribution in [0.5, 0.6) is 0 Å². The highest BCUT2D eigenvalue weighted by Crippen LogP contribution is 2.34. The minimum Gasteiger partial charge on any atom is -0.329 e. The summed E-state index contributed by atoms with van der Waals surface area (Å²) in [7, 11) is 2.16. The smallest absolute Gasteiger partial charge is 0.123 e. The van der Waals surface area contributed by atoms with Crippen LogP contribution >= 0.6 is 0 Å². The maximum absolute atomic E-state index is 13.0. The zero-order valence-corrected chi connectivity index (χ0v) is 12.7. The lowest BCUT2D eigenvalue weighted by atomic mass is 9.87. The molecule has 1 aromatic carbocycles. The monoisotopic (exact) mass is 278 g/mol. The molecule has 1 aliphatic rings. The summed E-state index contributed by atoms with van der Waals surface area (Å²) in [5.41, 5.74) is 7.39. The van der Waals surface area contributed by atoms with Crippen LogP contribution in [0.1, 0.15) is 44.6 Å². The lowest BCUT2D eigenvalue weighted by molar-refractivity contribution is 0.0986. The Bertz CT molecular complexity index is 418. The van der Waals surface area contributed by atoms with Gasteiger partial charge in [0.2, 0.25) is 0 Å². The fourth-order valence-electron chi connectivity index (χ4n) is 3.34. The number of rotatable bonds is 4. The maximum Gasteiger partial charge on any atom is 0.123 e. The molecule has 2 rings (SSSR count). The number of nitrogens with two attached hydrogens (primary N) is 1. The highest BCUT2D eigenvalue weighted by atomic mass is 19.1. The Hall–Kier alpha value is -0.930. The molecule has 0 saturated heterocycles. The van der Waals surface area contributed by atoms with Crippen molar-refractivity contribution in [3.8, 4) is 0 Å². The molecule has 0 amide bonds. The average Bonchev–Trinajstić information content (AvgIpc) is 2.64. The number of nitrogens with zero attached hydrogens (tertiary/aromatic N) is 1. The fourth-order valence-corrected chi connectivity index (χ4v) is 3.34. The van der Waals surface area contributed by atoms with Crippen molar-refractivity contribution in [3.05, 3.63) is 35.6 Å². The van der Waals surface area contributed by atoms with Gasteiger partial charge in [-0.1, -0.05) is 31.9 Å². The van der Waals surface area contributed by atoms with Crippen LogP contribution < -0.4 is 5.73 Å². The molecule has 0 radical (unpaired) electrons. The van der Waals surface area contributed by atoms with Gasteiger partial charge in [-0.25, -0.2) is 4.39 Å². The van der Waals surface area contributed by atoms with Crippen molar-refractivity contribution in [2.24, 2.45) is 11.7 Å². The Labute approximate surface area is 122 Å². The van der Waals surface area contributed by atoms with Crippen molar-refractivity contribution in [2.45, 2.75) is 51.1 Å². The highest BCUT2D eigenvalue weighted by molar-refractivity contribution is 5.16. The highest BCUT2D eigenvalue weighted by Gasteiger charge is 2.34. The topological polar surface area (TPSA) is 29.3 Å². The third-order valence-electron chi connectivity index (χ3n) is 4.96. The fraction of sp³-hybridized carbons (Fsp3) is 0.647. The van der Waals surface area contributed by atoms with E-state index >= 15 is 0 Å². The quantitative estimate of drug-likeness (QED) is 0.853. The van der Waals surface area contributed by atoms with Crippen molar-refractivity contribution >= 4 is 0 Å². The molecule has 1 aliphatic carbocycles. The van der Waals surface area contributed by atoms with Gasteiger partial charge < -0.3 is 5.73 Å². The van der Waals surface area contributed by atoms with Gasteiger partial charge in [0.25, 0.3) is 0 Å². The third kappa shape index (κ3) is 3.58. The summed E-state index contributed by atoms with van der Waals surface area (Å²) in [4.78, 5) is 2.39. The number of benzene rings is 1. The Kier molecular flexibility index (Phi) is 5.17. The van der Waals surface area contributed by atoms with E-state index in [0.29, 0.717) is 6.54 Å². The lowest BCUT2D eigenvalue weighted by Crippen LogP contribution is -2.51. The number of hydrogen-bond donors (Lipinski definition) is 1. The van der Waals surface area contributed by atoms with E-state index in [1.807, 2.05) is 12.1 Å². The Morgan fingerprint density at radius 3 is 2.60 bits per heavy atom. The number of likely N-dealkylation sites (N-methyl/N-ethyl adjacent to an activating group) is 1. The van der Waals surface area contributed by atoms with Gasteiger partial charge in [-0.05, 0) is 49.9 Å². The Morgan fingerprint density at radius 1 is 1.25 bits per heavy atom. The molecule has 1 aromatic rings. The largest absolute Gasteiger partial charge is 0.329 e. The van der Waals surface area contributed by atoms with Gasteiger partial charge in [0.05, 0.1) is 0 Å². The van der Waals surface area contributed by atoms with E-state index in [0.717, 1.165) is 18.0 Å². The summed E-state index contributed by atoms with van der Waals surface area (Å²) < 4.78 is 13.0. The van der Waals surface area contributed by atoms with Gasteiger partial charge in [0, 0.05) is 18.6 Å². The maximum atomic E-state index is 13.0. The van der Waals surface area contributed by atoms with Crippen LogP contribution in [0.25, 0.3) is 0 Å². The molecular formula is C17H27FN2. The first-order chi connectivity index (χ1) is 9.55. The van der Waals surface area contributed by atoms with Gasteiger partial charge in [-0.2, -0.15) is 0 Å². The molecule has 0 aromatic heterocycles. The molecule has 1 saturated carbocycles. The van der Waals surface area contributed by atoms with Gasteiger partial charge in [-0.3, -0.25) is 4.90 Å². The molecule has 1 fully saturated rings. The molecule has 2 nitrogen and oxygen atoms in total. The number of halogens is 1. The van der Waals surface area contributed by atoms with Gasteiger partial charge >= 0.3 is 0 Å². The van der Waals surface area contributed by atoms with Crippen LogP contribution in [-0.4, -0.2) is 24.0 Å². The van der Waals surface area contributed by atoms with Crippen molar-refractivity contribution < 1.29 is 4.39 Å². The first kappa shape index (κ1) is 15.5. The Morgan fingerprint density at radius 2 is 1.95 bits per heavy atom. The SMILES string of the molecule is CC1CCCC(CN)(N(C)Cc2ccc(F)cc2)CC1. The molecule has 2 atom stereocenters. The van der Waals surface area contributed by atoms with Gasteiger partial charge in [-0.15, -0.1) is 0 Å². The van der Waals surface area contributed by atoms with Crippen LogP contribution in [0.2, 0.25) is 0 Å². The average molecular weight is 278 g/mol. The minimum absolute atomic E-state index is 0.110. The summed E-state index contributed by atoms with van der Waals surface area (Å²) >= 11 is 0. The van der Waals surface area contributed by atoms with E-state index in [1.165, 1.54) is 44.2 Å².